The van der Waals surface area contributed by atoms with E-state index in [1.165, 1.54) is 43.4 Å². The quantitative estimate of drug-likeness (QED) is 0.452. The summed E-state index contributed by atoms with van der Waals surface area (Å²) in [5.74, 6) is 1.33. The SMILES string of the molecule is C=CC[C@H]1CC[C@H](c2ccc(-c3cnc(-c4ccc(C#N)c(F)c4)nc3)cc2)CC1. The summed E-state index contributed by atoms with van der Waals surface area (Å²) in [6.07, 6.45) is 11.8. The van der Waals surface area contributed by atoms with Crippen molar-refractivity contribution in [2.75, 3.05) is 0 Å². The summed E-state index contributed by atoms with van der Waals surface area (Å²) in [4.78, 5) is 8.78. The number of allylic oxidation sites excluding steroid dienone is 1. The Morgan fingerprint density at radius 2 is 1.63 bits per heavy atom. The van der Waals surface area contributed by atoms with Crippen LogP contribution in [-0.2, 0) is 0 Å². The molecule has 1 fully saturated rings. The molecule has 0 atom stereocenters. The van der Waals surface area contributed by atoms with Crippen molar-refractivity contribution in [3.63, 3.8) is 0 Å². The van der Waals surface area contributed by atoms with Gasteiger partial charge in [-0.05, 0) is 73.3 Å². The van der Waals surface area contributed by atoms with Crippen molar-refractivity contribution in [3.8, 4) is 28.6 Å². The van der Waals surface area contributed by atoms with E-state index in [4.69, 9.17) is 5.26 Å². The molecule has 150 valence electrons. The molecule has 3 nitrogen and oxygen atoms in total. The van der Waals surface area contributed by atoms with Crippen molar-refractivity contribution < 1.29 is 4.39 Å². The Kier molecular flexibility index (Phi) is 5.99. The van der Waals surface area contributed by atoms with E-state index < -0.39 is 5.82 Å². The molecule has 3 aromatic rings. The Balaban J connectivity index is 1.45. The van der Waals surface area contributed by atoms with Crippen LogP contribution in [0.15, 0.2) is 67.5 Å². The molecule has 0 N–H and O–H groups in total. The van der Waals surface area contributed by atoms with Crippen LogP contribution in [0.1, 0.15) is 49.1 Å². The predicted octanol–water partition coefficient (Wildman–Crippen LogP) is 6.67. The second kappa shape index (κ2) is 9.00. The fraction of sp³-hybridized carbons (Fsp3) is 0.269. The molecule has 1 aliphatic carbocycles. The minimum Gasteiger partial charge on any atom is -0.236 e. The topological polar surface area (TPSA) is 49.6 Å². The van der Waals surface area contributed by atoms with Gasteiger partial charge in [-0.2, -0.15) is 5.26 Å². The lowest BCUT2D eigenvalue weighted by molar-refractivity contribution is 0.328. The molecule has 1 heterocycles. The van der Waals surface area contributed by atoms with Crippen LogP contribution in [0.5, 0.6) is 0 Å². The van der Waals surface area contributed by atoms with Crippen molar-refractivity contribution in [2.24, 2.45) is 5.92 Å². The second-order valence-corrected chi connectivity index (χ2v) is 7.97. The Morgan fingerprint density at radius 1 is 0.967 bits per heavy atom. The van der Waals surface area contributed by atoms with Crippen LogP contribution in [0.4, 0.5) is 4.39 Å². The first kappa shape index (κ1) is 20.0. The van der Waals surface area contributed by atoms with E-state index in [0.717, 1.165) is 23.5 Å². The summed E-state index contributed by atoms with van der Waals surface area (Å²) in [5.41, 5.74) is 3.97. The van der Waals surface area contributed by atoms with Crippen LogP contribution in [-0.4, -0.2) is 9.97 Å². The van der Waals surface area contributed by atoms with Gasteiger partial charge in [0.05, 0.1) is 5.56 Å². The summed E-state index contributed by atoms with van der Waals surface area (Å²) >= 11 is 0. The molecule has 0 bridgehead atoms. The van der Waals surface area contributed by atoms with E-state index in [-0.39, 0.29) is 5.56 Å². The third-order valence-electron chi connectivity index (χ3n) is 6.06. The minimum atomic E-state index is -0.559. The normalized spacial score (nSPS) is 18.5. The van der Waals surface area contributed by atoms with E-state index >= 15 is 0 Å². The fourth-order valence-corrected chi connectivity index (χ4v) is 4.29. The molecule has 0 amide bonds. The summed E-state index contributed by atoms with van der Waals surface area (Å²) in [6, 6.07) is 14.9. The van der Waals surface area contributed by atoms with E-state index in [2.05, 4.69) is 40.8 Å². The largest absolute Gasteiger partial charge is 0.236 e. The van der Waals surface area contributed by atoms with Gasteiger partial charge in [-0.15, -0.1) is 6.58 Å². The van der Waals surface area contributed by atoms with Gasteiger partial charge in [-0.25, -0.2) is 14.4 Å². The van der Waals surface area contributed by atoms with Crippen molar-refractivity contribution in [2.45, 2.75) is 38.0 Å². The third-order valence-corrected chi connectivity index (χ3v) is 6.06. The zero-order chi connectivity index (χ0) is 20.9. The number of nitrogens with zero attached hydrogens (tertiary/aromatic N) is 3. The van der Waals surface area contributed by atoms with Gasteiger partial charge >= 0.3 is 0 Å². The van der Waals surface area contributed by atoms with E-state index in [1.54, 1.807) is 18.5 Å². The van der Waals surface area contributed by atoms with Crippen LogP contribution < -0.4 is 0 Å². The number of rotatable bonds is 5. The molecule has 1 saturated carbocycles. The van der Waals surface area contributed by atoms with Crippen LogP contribution in [0.25, 0.3) is 22.5 Å². The standard InChI is InChI=1S/C26H24FN3/c1-2-3-18-4-6-19(7-5-18)20-8-10-21(11-9-20)24-16-29-26(30-17-24)22-12-13-23(15-28)25(27)14-22/h2,8-14,16-19H,1,3-7H2/t18-,19-. The fourth-order valence-electron chi connectivity index (χ4n) is 4.29. The van der Waals surface area contributed by atoms with Gasteiger partial charge in [-0.3, -0.25) is 0 Å². The highest BCUT2D eigenvalue weighted by Gasteiger charge is 2.21. The average molecular weight is 397 g/mol. The number of hydrogen-bond acceptors (Lipinski definition) is 3. The van der Waals surface area contributed by atoms with Crippen LogP contribution in [0.2, 0.25) is 0 Å². The first-order valence-corrected chi connectivity index (χ1v) is 10.4. The molecular weight excluding hydrogens is 373 g/mol. The highest BCUT2D eigenvalue weighted by atomic mass is 19.1. The Bertz CT molecular complexity index is 1060. The Hall–Kier alpha value is -3.32. The number of nitriles is 1. The highest BCUT2D eigenvalue weighted by Crippen LogP contribution is 2.37. The Morgan fingerprint density at radius 3 is 2.23 bits per heavy atom. The van der Waals surface area contributed by atoms with Gasteiger partial charge < -0.3 is 0 Å². The van der Waals surface area contributed by atoms with Gasteiger partial charge in [0.1, 0.15) is 11.9 Å². The van der Waals surface area contributed by atoms with E-state index in [9.17, 15) is 4.39 Å². The molecule has 0 radical (unpaired) electrons. The molecule has 4 rings (SSSR count). The van der Waals surface area contributed by atoms with Crippen molar-refractivity contribution in [1.29, 1.82) is 5.26 Å². The predicted molar refractivity (Wildman–Crippen MR) is 117 cm³/mol. The first-order valence-electron chi connectivity index (χ1n) is 10.4. The number of hydrogen-bond donors (Lipinski definition) is 0. The van der Waals surface area contributed by atoms with E-state index in [0.29, 0.717) is 17.3 Å². The molecule has 1 aliphatic rings. The monoisotopic (exact) mass is 397 g/mol. The van der Waals surface area contributed by atoms with Crippen LogP contribution in [0.3, 0.4) is 0 Å². The van der Waals surface area contributed by atoms with Gasteiger partial charge in [0.25, 0.3) is 0 Å². The molecule has 0 spiro atoms. The molecule has 0 aliphatic heterocycles. The van der Waals surface area contributed by atoms with Crippen molar-refractivity contribution >= 4 is 0 Å². The van der Waals surface area contributed by atoms with Crippen LogP contribution >= 0.6 is 0 Å². The molecule has 4 heteroatoms. The molecule has 1 aromatic heterocycles. The molecule has 2 aromatic carbocycles. The number of benzene rings is 2. The summed E-state index contributed by atoms with van der Waals surface area (Å²) in [5, 5.41) is 8.85. The number of halogens is 1. The summed E-state index contributed by atoms with van der Waals surface area (Å²) in [7, 11) is 0. The average Bonchev–Trinajstić information content (AvgIpc) is 2.80. The highest BCUT2D eigenvalue weighted by molar-refractivity contribution is 5.64. The van der Waals surface area contributed by atoms with E-state index in [1.807, 2.05) is 12.1 Å². The zero-order valence-corrected chi connectivity index (χ0v) is 16.9. The summed E-state index contributed by atoms with van der Waals surface area (Å²) < 4.78 is 13.8. The number of aromatic nitrogens is 2. The van der Waals surface area contributed by atoms with Gasteiger partial charge in [0.15, 0.2) is 5.82 Å². The molecule has 0 unspecified atom stereocenters. The van der Waals surface area contributed by atoms with Crippen molar-refractivity contribution in [1.82, 2.24) is 9.97 Å². The zero-order valence-electron chi connectivity index (χ0n) is 16.9. The minimum absolute atomic E-state index is 0.0182. The van der Waals surface area contributed by atoms with Crippen molar-refractivity contribution in [3.05, 3.63) is 84.5 Å². The van der Waals surface area contributed by atoms with Gasteiger partial charge in [0, 0.05) is 23.5 Å². The third kappa shape index (κ3) is 4.31. The maximum atomic E-state index is 13.8. The Labute approximate surface area is 176 Å². The molecular formula is C26H24FN3. The molecule has 0 saturated heterocycles. The van der Waals surface area contributed by atoms with Crippen LogP contribution in [0, 0.1) is 23.1 Å². The second-order valence-electron chi connectivity index (χ2n) is 7.97. The van der Waals surface area contributed by atoms with Gasteiger partial charge in [0.2, 0.25) is 0 Å². The first-order chi connectivity index (χ1) is 14.7. The smallest absolute Gasteiger partial charge is 0.159 e. The molecule has 30 heavy (non-hydrogen) atoms. The maximum absolute atomic E-state index is 13.8. The van der Waals surface area contributed by atoms with Gasteiger partial charge in [-0.1, -0.05) is 30.3 Å². The lowest BCUT2D eigenvalue weighted by Gasteiger charge is -2.28. The lowest BCUT2D eigenvalue weighted by Crippen LogP contribution is -2.12. The lowest BCUT2D eigenvalue weighted by atomic mass is 9.77. The summed E-state index contributed by atoms with van der Waals surface area (Å²) in [6.45, 7) is 3.87. The maximum Gasteiger partial charge on any atom is 0.159 e.